The van der Waals surface area contributed by atoms with Crippen molar-refractivity contribution in [3.63, 3.8) is 0 Å². The first-order valence-electron chi connectivity index (χ1n) is 7.62. The van der Waals surface area contributed by atoms with Crippen LogP contribution >= 0.6 is 0 Å². The van der Waals surface area contributed by atoms with Crippen LogP contribution in [0.15, 0.2) is 18.2 Å². The third-order valence-corrected chi connectivity index (χ3v) is 3.61. The van der Waals surface area contributed by atoms with Crippen molar-refractivity contribution in [1.29, 1.82) is 0 Å². The molecule has 0 bridgehead atoms. The second kappa shape index (κ2) is 6.54. The van der Waals surface area contributed by atoms with Crippen LogP contribution in [0.5, 0.6) is 0 Å². The van der Waals surface area contributed by atoms with Crippen molar-refractivity contribution in [1.82, 2.24) is 0 Å². The molecule has 1 atom stereocenters. The second-order valence-corrected chi connectivity index (χ2v) is 6.25. The highest BCUT2D eigenvalue weighted by Crippen LogP contribution is 2.30. The van der Waals surface area contributed by atoms with E-state index in [1.54, 1.807) is 13.0 Å². The van der Waals surface area contributed by atoms with E-state index in [4.69, 9.17) is 9.47 Å². The van der Waals surface area contributed by atoms with Crippen LogP contribution in [0.25, 0.3) is 0 Å². The summed E-state index contributed by atoms with van der Waals surface area (Å²) < 4.78 is 10.8. The number of nitrogens with zero attached hydrogens (tertiary/aromatic N) is 2. The second-order valence-electron chi connectivity index (χ2n) is 6.25. The Morgan fingerprint density at radius 2 is 2.22 bits per heavy atom. The van der Waals surface area contributed by atoms with Gasteiger partial charge < -0.3 is 14.4 Å². The first-order chi connectivity index (χ1) is 10.7. The van der Waals surface area contributed by atoms with Crippen molar-refractivity contribution in [2.24, 2.45) is 0 Å². The molecule has 126 valence electrons. The van der Waals surface area contributed by atoms with Gasteiger partial charge in [0, 0.05) is 24.8 Å². The van der Waals surface area contributed by atoms with Crippen LogP contribution < -0.4 is 4.90 Å². The fraction of sp³-hybridized carbons (Fsp3) is 0.562. The average molecular weight is 322 g/mol. The highest BCUT2D eigenvalue weighted by atomic mass is 16.6. The van der Waals surface area contributed by atoms with Gasteiger partial charge in [-0.25, -0.2) is 4.79 Å². The molecule has 23 heavy (non-hydrogen) atoms. The molecule has 0 radical (unpaired) electrons. The number of benzene rings is 1. The van der Waals surface area contributed by atoms with E-state index in [1.165, 1.54) is 12.1 Å². The van der Waals surface area contributed by atoms with Gasteiger partial charge in [0.2, 0.25) is 0 Å². The monoisotopic (exact) mass is 322 g/mol. The van der Waals surface area contributed by atoms with Gasteiger partial charge in [-0.2, -0.15) is 0 Å². The SMILES string of the molecule is CCOC(=O)c1cc(N2CC(C)OC(C)(C)C2)ccc1[N+](=O)[O-]. The van der Waals surface area contributed by atoms with Gasteiger partial charge in [-0.15, -0.1) is 0 Å². The fourth-order valence-corrected chi connectivity index (χ4v) is 2.90. The predicted octanol–water partition coefficient (Wildman–Crippen LogP) is 2.78. The van der Waals surface area contributed by atoms with Gasteiger partial charge in [-0.3, -0.25) is 10.1 Å². The molecule has 7 nitrogen and oxygen atoms in total. The van der Waals surface area contributed by atoms with Crippen LogP contribution in [0.1, 0.15) is 38.1 Å². The molecule has 0 aromatic heterocycles. The van der Waals surface area contributed by atoms with Crippen LogP contribution in [0, 0.1) is 10.1 Å². The van der Waals surface area contributed by atoms with E-state index in [-0.39, 0.29) is 29.6 Å². The van der Waals surface area contributed by atoms with E-state index in [2.05, 4.69) is 4.90 Å². The third kappa shape index (κ3) is 3.98. The van der Waals surface area contributed by atoms with Crippen molar-refractivity contribution >= 4 is 17.3 Å². The summed E-state index contributed by atoms with van der Waals surface area (Å²) in [5.41, 5.74) is 0.157. The largest absolute Gasteiger partial charge is 0.462 e. The Labute approximate surface area is 135 Å². The molecule has 2 rings (SSSR count). The number of nitro benzene ring substituents is 1. The molecule has 0 spiro atoms. The summed E-state index contributed by atoms with van der Waals surface area (Å²) in [7, 11) is 0. The van der Waals surface area contributed by atoms with E-state index in [0.717, 1.165) is 5.69 Å². The van der Waals surface area contributed by atoms with Gasteiger partial charge in [-0.05, 0) is 39.8 Å². The number of rotatable bonds is 4. The minimum atomic E-state index is -0.679. The zero-order chi connectivity index (χ0) is 17.2. The summed E-state index contributed by atoms with van der Waals surface area (Å²) in [6.07, 6.45) is 0.0278. The average Bonchev–Trinajstić information content (AvgIpc) is 2.44. The first kappa shape index (κ1) is 17.2. The topological polar surface area (TPSA) is 81.9 Å². The van der Waals surface area contributed by atoms with Crippen LogP contribution in [-0.2, 0) is 9.47 Å². The van der Waals surface area contributed by atoms with E-state index in [1.807, 2.05) is 20.8 Å². The summed E-state index contributed by atoms with van der Waals surface area (Å²) >= 11 is 0. The Balaban J connectivity index is 2.38. The number of carbonyl (C=O) groups is 1. The lowest BCUT2D eigenvalue weighted by atomic mass is 10.0. The van der Waals surface area contributed by atoms with Crippen molar-refractivity contribution in [2.75, 3.05) is 24.6 Å². The number of carbonyl (C=O) groups excluding carboxylic acids is 1. The smallest absolute Gasteiger partial charge is 0.345 e. The Hall–Kier alpha value is -2.15. The number of esters is 1. The summed E-state index contributed by atoms with van der Waals surface area (Å²) in [4.78, 5) is 24.7. The molecule has 1 unspecified atom stereocenters. The van der Waals surface area contributed by atoms with Crippen molar-refractivity contribution in [3.8, 4) is 0 Å². The number of hydrogen-bond donors (Lipinski definition) is 0. The third-order valence-electron chi connectivity index (χ3n) is 3.61. The highest BCUT2D eigenvalue weighted by Gasteiger charge is 2.32. The van der Waals surface area contributed by atoms with E-state index in [9.17, 15) is 14.9 Å². The molecule has 0 aliphatic carbocycles. The lowest BCUT2D eigenvalue weighted by Crippen LogP contribution is -2.52. The molecule has 0 saturated carbocycles. The van der Waals surface area contributed by atoms with E-state index < -0.39 is 10.9 Å². The first-order valence-corrected chi connectivity index (χ1v) is 7.62. The number of anilines is 1. The van der Waals surface area contributed by atoms with Crippen LogP contribution in [0.2, 0.25) is 0 Å². The van der Waals surface area contributed by atoms with Crippen molar-refractivity contribution in [3.05, 3.63) is 33.9 Å². The number of nitro groups is 1. The quantitative estimate of drug-likeness (QED) is 0.481. The summed E-state index contributed by atoms with van der Waals surface area (Å²) in [6, 6.07) is 4.55. The maximum absolute atomic E-state index is 12.0. The fourth-order valence-electron chi connectivity index (χ4n) is 2.90. The molecule has 0 N–H and O–H groups in total. The number of ether oxygens (including phenoxy) is 2. The van der Waals surface area contributed by atoms with Gasteiger partial charge in [0.1, 0.15) is 5.56 Å². The summed E-state index contributed by atoms with van der Waals surface area (Å²) in [6.45, 7) is 9.09. The minimum absolute atomic E-state index is 0.0219. The summed E-state index contributed by atoms with van der Waals surface area (Å²) in [5.74, 6) is -0.679. The number of morpholine rings is 1. The highest BCUT2D eigenvalue weighted by molar-refractivity contribution is 5.95. The van der Waals surface area contributed by atoms with Gasteiger partial charge >= 0.3 is 5.97 Å². The molecule has 1 aromatic rings. The molecule has 1 saturated heterocycles. The Bertz CT molecular complexity index is 614. The maximum atomic E-state index is 12.0. The molecule has 1 aliphatic rings. The van der Waals surface area contributed by atoms with Crippen LogP contribution in [-0.4, -0.2) is 42.3 Å². The minimum Gasteiger partial charge on any atom is -0.462 e. The molecule has 7 heteroatoms. The Morgan fingerprint density at radius 1 is 1.52 bits per heavy atom. The van der Waals surface area contributed by atoms with Gasteiger partial charge in [0.15, 0.2) is 0 Å². The lowest BCUT2D eigenvalue weighted by molar-refractivity contribution is -0.385. The lowest BCUT2D eigenvalue weighted by Gasteiger charge is -2.43. The molecule has 1 aromatic carbocycles. The molecule has 0 amide bonds. The molecule has 1 aliphatic heterocycles. The zero-order valence-corrected chi connectivity index (χ0v) is 13.9. The molecular weight excluding hydrogens is 300 g/mol. The van der Waals surface area contributed by atoms with E-state index >= 15 is 0 Å². The maximum Gasteiger partial charge on any atom is 0.345 e. The zero-order valence-electron chi connectivity index (χ0n) is 13.9. The summed E-state index contributed by atoms with van der Waals surface area (Å²) in [5, 5.41) is 11.1. The predicted molar refractivity (Wildman–Crippen MR) is 85.9 cm³/mol. The number of hydrogen-bond acceptors (Lipinski definition) is 6. The van der Waals surface area contributed by atoms with Crippen molar-refractivity contribution < 1.29 is 19.2 Å². The molecular formula is C16H22N2O5. The molecule has 1 fully saturated rings. The normalized spacial score (nSPS) is 20.2. The van der Waals surface area contributed by atoms with Crippen molar-refractivity contribution in [2.45, 2.75) is 39.4 Å². The van der Waals surface area contributed by atoms with Gasteiger partial charge in [-0.1, -0.05) is 0 Å². The Morgan fingerprint density at radius 3 is 2.78 bits per heavy atom. The van der Waals surface area contributed by atoms with Gasteiger partial charge in [0.05, 0.1) is 23.2 Å². The van der Waals surface area contributed by atoms with Gasteiger partial charge in [0.25, 0.3) is 5.69 Å². The van der Waals surface area contributed by atoms with Crippen LogP contribution in [0.4, 0.5) is 11.4 Å². The van der Waals surface area contributed by atoms with Crippen LogP contribution in [0.3, 0.4) is 0 Å². The van der Waals surface area contributed by atoms with E-state index in [0.29, 0.717) is 13.1 Å². The Kier molecular flexibility index (Phi) is 4.89. The standard InChI is InChI=1S/C16H22N2O5/c1-5-22-15(19)13-8-12(6-7-14(13)18(20)21)17-9-11(2)23-16(3,4)10-17/h6-8,11H,5,9-10H2,1-4H3. The molecule has 1 heterocycles.